The lowest BCUT2D eigenvalue weighted by Crippen LogP contribution is -2.11. The fourth-order valence-corrected chi connectivity index (χ4v) is 2.26. The van der Waals surface area contributed by atoms with Gasteiger partial charge in [0.25, 0.3) is 5.56 Å². The number of nitriles is 1. The molecule has 0 atom stereocenters. The number of nitrogens with zero attached hydrogens (tertiary/aromatic N) is 2. The Morgan fingerprint density at radius 1 is 1.17 bits per heavy atom. The van der Waals surface area contributed by atoms with E-state index in [4.69, 9.17) is 5.11 Å². The molecule has 6 nitrogen and oxygen atoms in total. The van der Waals surface area contributed by atoms with Crippen molar-refractivity contribution in [3.05, 3.63) is 75.8 Å². The van der Waals surface area contributed by atoms with E-state index in [0.717, 1.165) is 0 Å². The van der Waals surface area contributed by atoms with Gasteiger partial charge in [0.15, 0.2) is 5.82 Å². The SMILES string of the molecule is N#C/C(=C/c1ccc(C(=O)O)cc1)c1nc2ccccc2c(=O)[nH]1. The molecule has 0 aliphatic rings. The number of aromatic carboxylic acids is 1. The highest BCUT2D eigenvalue weighted by atomic mass is 16.4. The van der Waals surface area contributed by atoms with Crippen molar-refractivity contribution in [3.63, 3.8) is 0 Å². The molecule has 0 fully saturated rings. The lowest BCUT2D eigenvalue weighted by Gasteiger charge is -2.02. The van der Waals surface area contributed by atoms with E-state index in [-0.39, 0.29) is 22.5 Å². The van der Waals surface area contributed by atoms with E-state index in [2.05, 4.69) is 9.97 Å². The zero-order valence-electron chi connectivity index (χ0n) is 12.4. The van der Waals surface area contributed by atoms with Crippen LogP contribution in [0.5, 0.6) is 0 Å². The maximum absolute atomic E-state index is 12.1. The summed E-state index contributed by atoms with van der Waals surface area (Å²) < 4.78 is 0. The minimum Gasteiger partial charge on any atom is -0.478 e. The van der Waals surface area contributed by atoms with Gasteiger partial charge in [-0.2, -0.15) is 5.26 Å². The van der Waals surface area contributed by atoms with Crippen molar-refractivity contribution in [2.24, 2.45) is 0 Å². The monoisotopic (exact) mass is 317 g/mol. The van der Waals surface area contributed by atoms with Gasteiger partial charge in [0.2, 0.25) is 0 Å². The molecule has 0 spiro atoms. The number of H-pyrrole nitrogens is 1. The number of hydrogen-bond donors (Lipinski definition) is 2. The number of hydrogen-bond acceptors (Lipinski definition) is 4. The van der Waals surface area contributed by atoms with Crippen molar-refractivity contribution in [3.8, 4) is 6.07 Å². The van der Waals surface area contributed by atoms with Crippen LogP contribution in [-0.4, -0.2) is 21.0 Å². The Labute approximate surface area is 136 Å². The highest BCUT2D eigenvalue weighted by Crippen LogP contribution is 2.16. The van der Waals surface area contributed by atoms with Gasteiger partial charge >= 0.3 is 5.97 Å². The molecule has 0 saturated carbocycles. The fourth-order valence-electron chi connectivity index (χ4n) is 2.26. The summed E-state index contributed by atoms with van der Waals surface area (Å²) in [6.07, 6.45) is 1.54. The number of carboxylic acid groups (broad SMARTS) is 1. The van der Waals surface area contributed by atoms with Gasteiger partial charge in [0.05, 0.1) is 22.0 Å². The van der Waals surface area contributed by atoms with Crippen LogP contribution in [0.4, 0.5) is 0 Å². The Morgan fingerprint density at radius 2 is 1.88 bits per heavy atom. The molecule has 0 unspecified atom stereocenters. The Balaban J connectivity index is 2.07. The van der Waals surface area contributed by atoms with Crippen molar-refractivity contribution < 1.29 is 9.90 Å². The summed E-state index contributed by atoms with van der Waals surface area (Å²) >= 11 is 0. The van der Waals surface area contributed by atoms with Crippen LogP contribution in [0, 0.1) is 11.3 Å². The molecule has 3 aromatic rings. The minimum atomic E-state index is -1.02. The van der Waals surface area contributed by atoms with Crippen molar-refractivity contribution in [2.75, 3.05) is 0 Å². The number of rotatable bonds is 3. The van der Waals surface area contributed by atoms with E-state index in [1.54, 1.807) is 42.5 Å². The average molecular weight is 317 g/mol. The van der Waals surface area contributed by atoms with Gasteiger partial charge in [0.1, 0.15) is 6.07 Å². The van der Waals surface area contributed by atoms with E-state index in [9.17, 15) is 14.9 Å². The Hall–Kier alpha value is -3.72. The first-order valence-electron chi connectivity index (χ1n) is 7.03. The van der Waals surface area contributed by atoms with Gasteiger partial charge in [-0.05, 0) is 35.9 Å². The molecule has 24 heavy (non-hydrogen) atoms. The third kappa shape index (κ3) is 2.91. The van der Waals surface area contributed by atoms with Gasteiger partial charge in [-0.3, -0.25) is 4.79 Å². The van der Waals surface area contributed by atoms with Crippen LogP contribution in [0.2, 0.25) is 0 Å². The number of benzene rings is 2. The number of nitrogens with one attached hydrogen (secondary N) is 1. The molecule has 1 heterocycles. The molecule has 2 aromatic carbocycles. The van der Waals surface area contributed by atoms with Crippen LogP contribution in [0.15, 0.2) is 53.3 Å². The largest absolute Gasteiger partial charge is 0.478 e. The van der Waals surface area contributed by atoms with Crippen molar-refractivity contribution in [2.45, 2.75) is 0 Å². The summed E-state index contributed by atoms with van der Waals surface area (Å²) in [5.74, 6) is -0.852. The zero-order chi connectivity index (χ0) is 17.1. The number of aromatic amines is 1. The molecule has 0 amide bonds. The maximum Gasteiger partial charge on any atom is 0.335 e. The van der Waals surface area contributed by atoms with Crippen LogP contribution >= 0.6 is 0 Å². The minimum absolute atomic E-state index is 0.155. The lowest BCUT2D eigenvalue weighted by atomic mass is 10.1. The number of fused-ring (bicyclic) bond motifs is 1. The summed E-state index contributed by atoms with van der Waals surface area (Å²) in [7, 11) is 0. The molecule has 0 saturated heterocycles. The van der Waals surface area contributed by atoms with Crippen molar-refractivity contribution in [1.82, 2.24) is 9.97 Å². The second-order valence-electron chi connectivity index (χ2n) is 5.03. The zero-order valence-corrected chi connectivity index (χ0v) is 12.4. The molecule has 0 aliphatic heterocycles. The highest BCUT2D eigenvalue weighted by Gasteiger charge is 2.08. The van der Waals surface area contributed by atoms with Crippen LogP contribution < -0.4 is 5.56 Å². The predicted molar refractivity (Wildman–Crippen MR) is 89.2 cm³/mol. The Morgan fingerprint density at radius 3 is 2.54 bits per heavy atom. The maximum atomic E-state index is 12.1. The second-order valence-corrected chi connectivity index (χ2v) is 5.03. The molecule has 0 aliphatic carbocycles. The molecule has 3 rings (SSSR count). The number of carbonyl (C=O) groups is 1. The van der Waals surface area contributed by atoms with Gasteiger partial charge in [-0.25, -0.2) is 9.78 Å². The van der Waals surface area contributed by atoms with Crippen LogP contribution in [-0.2, 0) is 0 Å². The first-order chi connectivity index (χ1) is 11.6. The standard InChI is InChI=1S/C18H11N3O3/c19-10-13(9-11-5-7-12(8-6-11)18(23)24)16-20-15-4-2-1-3-14(15)17(22)21-16/h1-9H,(H,23,24)(H,20,21,22)/b13-9-. The normalized spacial score (nSPS) is 11.2. The molecule has 116 valence electrons. The van der Waals surface area contributed by atoms with Crippen molar-refractivity contribution in [1.29, 1.82) is 5.26 Å². The summed E-state index contributed by atoms with van der Waals surface area (Å²) in [5.41, 5.74) is 1.15. The van der Waals surface area contributed by atoms with Crippen LogP contribution in [0.25, 0.3) is 22.6 Å². The summed E-state index contributed by atoms with van der Waals surface area (Å²) in [6.45, 7) is 0. The van der Waals surface area contributed by atoms with Gasteiger partial charge in [0, 0.05) is 0 Å². The molecule has 0 bridgehead atoms. The summed E-state index contributed by atoms with van der Waals surface area (Å²) in [6, 6.07) is 14.9. The van der Waals surface area contributed by atoms with E-state index < -0.39 is 5.97 Å². The molecular weight excluding hydrogens is 306 g/mol. The molecule has 0 radical (unpaired) electrons. The fraction of sp³-hybridized carbons (Fsp3) is 0. The lowest BCUT2D eigenvalue weighted by molar-refractivity contribution is 0.0697. The van der Waals surface area contributed by atoms with Crippen LogP contribution in [0.1, 0.15) is 21.7 Å². The van der Waals surface area contributed by atoms with Gasteiger partial charge in [-0.15, -0.1) is 0 Å². The average Bonchev–Trinajstić information content (AvgIpc) is 2.60. The number of carboxylic acids is 1. The van der Waals surface area contributed by atoms with E-state index in [1.165, 1.54) is 12.1 Å². The smallest absolute Gasteiger partial charge is 0.335 e. The second kappa shape index (κ2) is 6.18. The molecular formula is C18H11N3O3. The third-order valence-electron chi connectivity index (χ3n) is 3.46. The first kappa shape index (κ1) is 15.2. The van der Waals surface area contributed by atoms with E-state index in [0.29, 0.717) is 16.5 Å². The van der Waals surface area contributed by atoms with Gasteiger partial charge in [-0.1, -0.05) is 24.3 Å². The topological polar surface area (TPSA) is 107 Å². The number of para-hydroxylation sites is 1. The highest BCUT2D eigenvalue weighted by molar-refractivity contribution is 5.91. The molecule has 6 heteroatoms. The first-order valence-corrected chi connectivity index (χ1v) is 7.03. The van der Waals surface area contributed by atoms with Crippen molar-refractivity contribution >= 4 is 28.5 Å². The number of allylic oxidation sites excluding steroid dienone is 1. The molecule has 1 aromatic heterocycles. The summed E-state index contributed by atoms with van der Waals surface area (Å²) in [5, 5.41) is 18.7. The van der Waals surface area contributed by atoms with E-state index in [1.807, 2.05) is 6.07 Å². The predicted octanol–water partition coefficient (Wildman–Crippen LogP) is 2.69. The summed E-state index contributed by atoms with van der Waals surface area (Å²) in [4.78, 5) is 29.9. The molecule has 2 N–H and O–H groups in total. The number of aromatic nitrogens is 2. The van der Waals surface area contributed by atoms with E-state index >= 15 is 0 Å². The Kier molecular flexibility index (Phi) is 3.91. The quantitative estimate of drug-likeness (QED) is 0.722. The Bertz CT molecular complexity index is 1060. The van der Waals surface area contributed by atoms with Crippen LogP contribution in [0.3, 0.4) is 0 Å². The third-order valence-corrected chi connectivity index (χ3v) is 3.46. The van der Waals surface area contributed by atoms with Gasteiger partial charge < -0.3 is 10.1 Å².